The van der Waals surface area contributed by atoms with Gasteiger partial charge in [0.15, 0.2) is 11.6 Å². The normalized spacial score (nSPS) is 15.3. The first-order valence-electron chi connectivity index (χ1n) is 14.2. The van der Waals surface area contributed by atoms with Gasteiger partial charge in [-0.25, -0.2) is 14.1 Å². The van der Waals surface area contributed by atoms with Crippen molar-refractivity contribution in [3.8, 4) is 11.4 Å². The molecule has 0 atom stereocenters. The number of rotatable bonds is 10. The van der Waals surface area contributed by atoms with Crippen LogP contribution in [0.15, 0.2) is 42.9 Å². The smallest absolute Gasteiger partial charge is 0.453 e. The molecule has 0 bridgehead atoms. The van der Waals surface area contributed by atoms with Crippen molar-refractivity contribution in [2.75, 3.05) is 20.8 Å². The van der Waals surface area contributed by atoms with E-state index >= 15 is 4.39 Å². The second-order valence-corrected chi connectivity index (χ2v) is 10.9. The average Bonchev–Trinajstić information content (AvgIpc) is 3.58. The van der Waals surface area contributed by atoms with E-state index in [9.17, 15) is 18.0 Å². The number of hydrogen-bond acceptors (Lipinski definition) is 7. The highest BCUT2D eigenvalue weighted by Gasteiger charge is 2.36. The molecule has 44 heavy (non-hydrogen) atoms. The fourth-order valence-corrected chi connectivity index (χ4v) is 5.54. The molecule has 10 nitrogen and oxygen atoms in total. The first-order chi connectivity index (χ1) is 21.1. The minimum Gasteiger partial charge on any atom is -0.494 e. The molecule has 1 N–H and O–H groups in total. The summed E-state index contributed by atoms with van der Waals surface area (Å²) in [6.45, 7) is 2.15. The van der Waals surface area contributed by atoms with Crippen LogP contribution in [0.25, 0.3) is 5.69 Å². The lowest BCUT2D eigenvalue weighted by Gasteiger charge is -2.29. The molecule has 2 aliphatic rings. The van der Waals surface area contributed by atoms with Crippen molar-refractivity contribution in [2.45, 2.75) is 57.7 Å². The lowest BCUT2D eigenvalue weighted by Crippen LogP contribution is -2.32. The Balaban J connectivity index is 1.20. The zero-order valence-corrected chi connectivity index (χ0v) is 24.2. The molecule has 1 aliphatic heterocycles. The number of aromatic nitrogens is 5. The number of methoxy groups -OCH3 is 2. The van der Waals surface area contributed by atoms with Gasteiger partial charge in [-0.3, -0.25) is 14.4 Å². The topological polar surface area (TPSA) is 99.3 Å². The van der Waals surface area contributed by atoms with Gasteiger partial charge in [0.2, 0.25) is 0 Å². The van der Waals surface area contributed by atoms with Gasteiger partial charge < -0.3 is 14.8 Å². The number of carbonyl (C=O) groups excluding carboxylic acids is 1. The fourth-order valence-electron chi connectivity index (χ4n) is 5.54. The third-order valence-electron chi connectivity index (χ3n) is 7.91. The van der Waals surface area contributed by atoms with Crippen LogP contribution in [0, 0.1) is 5.82 Å². The molecular weight excluding hydrogens is 582 g/mol. The lowest BCUT2D eigenvalue weighted by atomic mass is 9.97. The monoisotopic (exact) mass is 613 g/mol. The number of nitrogens with one attached hydrogen (secondary N) is 1. The molecule has 1 fully saturated rings. The van der Waals surface area contributed by atoms with E-state index in [0.717, 1.165) is 42.1 Å². The van der Waals surface area contributed by atoms with Gasteiger partial charge in [0.05, 0.1) is 31.5 Å². The molecule has 0 radical (unpaired) electrons. The highest BCUT2D eigenvalue weighted by Crippen LogP contribution is 2.32. The predicted molar refractivity (Wildman–Crippen MR) is 150 cm³/mol. The van der Waals surface area contributed by atoms with Crippen molar-refractivity contribution in [3.05, 3.63) is 88.0 Å². The Labute approximate surface area is 250 Å². The van der Waals surface area contributed by atoms with Gasteiger partial charge in [0.1, 0.15) is 12.0 Å². The Morgan fingerprint density at radius 1 is 1.11 bits per heavy atom. The van der Waals surface area contributed by atoms with Crippen LogP contribution in [0.1, 0.15) is 57.0 Å². The van der Waals surface area contributed by atoms with Gasteiger partial charge in [0.25, 0.3) is 11.7 Å². The molecule has 14 heteroatoms. The maximum absolute atomic E-state index is 15.3. The van der Waals surface area contributed by atoms with Gasteiger partial charge in [0, 0.05) is 44.5 Å². The molecule has 0 spiro atoms. The standard InChI is InChI=1S/C30H31F4N7O3/c1-43-16-24-23(15-40(37-24)13-18-3-4-20-14-39(21-5-6-21)10-9-19(20)11-18)28(42)35-12-22-25(7-8-26(44-2)27(22)31)41-17-36-29(38-41)30(32,33)34/h3-4,7-8,11,15,17,21H,5-6,9-10,12-14,16H2,1-2H3,(H,35,42). The molecular formula is C30H31F4N7O3. The Kier molecular flexibility index (Phi) is 8.12. The van der Waals surface area contributed by atoms with E-state index < -0.39 is 23.7 Å². The fraction of sp³-hybridized carbons (Fsp3) is 0.400. The van der Waals surface area contributed by atoms with Crippen molar-refractivity contribution in [2.24, 2.45) is 0 Å². The molecule has 4 aromatic rings. The predicted octanol–water partition coefficient (Wildman–Crippen LogP) is 4.28. The molecule has 6 rings (SSSR count). The number of alkyl halides is 3. The van der Waals surface area contributed by atoms with Crippen LogP contribution in [0.5, 0.6) is 5.75 Å². The summed E-state index contributed by atoms with van der Waals surface area (Å²) < 4.78 is 67.4. The summed E-state index contributed by atoms with van der Waals surface area (Å²) in [5.41, 5.74) is 4.18. The average molecular weight is 614 g/mol. The van der Waals surface area contributed by atoms with Crippen molar-refractivity contribution in [1.29, 1.82) is 0 Å². The van der Waals surface area contributed by atoms with Crippen LogP contribution < -0.4 is 10.1 Å². The third-order valence-corrected chi connectivity index (χ3v) is 7.91. The highest BCUT2D eigenvalue weighted by molar-refractivity contribution is 5.95. The van der Waals surface area contributed by atoms with E-state index in [0.29, 0.717) is 12.2 Å². The Hall–Kier alpha value is -4.30. The second kappa shape index (κ2) is 12.0. The molecule has 2 aromatic heterocycles. The van der Waals surface area contributed by atoms with Crippen molar-refractivity contribution in [3.63, 3.8) is 0 Å². The largest absolute Gasteiger partial charge is 0.494 e. The number of halogens is 4. The van der Waals surface area contributed by atoms with E-state index in [1.165, 1.54) is 50.3 Å². The van der Waals surface area contributed by atoms with E-state index in [1.54, 1.807) is 10.9 Å². The maximum atomic E-state index is 15.3. The molecule has 232 valence electrons. The second-order valence-electron chi connectivity index (χ2n) is 10.9. The van der Waals surface area contributed by atoms with Gasteiger partial charge in [-0.05, 0) is 48.1 Å². The number of fused-ring (bicyclic) bond motifs is 1. The van der Waals surface area contributed by atoms with E-state index in [-0.39, 0.29) is 35.7 Å². The minimum absolute atomic E-state index is 0.0351. The van der Waals surface area contributed by atoms with Crippen LogP contribution in [0.2, 0.25) is 0 Å². The molecule has 1 saturated carbocycles. The van der Waals surface area contributed by atoms with Crippen molar-refractivity contribution >= 4 is 5.91 Å². The molecule has 0 unspecified atom stereocenters. The third kappa shape index (κ3) is 6.17. The highest BCUT2D eigenvalue weighted by atomic mass is 19.4. The van der Waals surface area contributed by atoms with Gasteiger partial charge >= 0.3 is 6.18 Å². The summed E-state index contributed by atoms with van der Waals surface area (Å²) in [5.74, 6) is -2.93. The minimum atomic E-state index is -4.78. The Bertz CT molecular complexity index is 1680. The summed E-state index contributed by atoms with van der Waals surface area (Å²) in [6, 6.07) is 9.77. The van der Waals surface area contributed by atoms with Gasteiger partial charge in [-0.2, -0.15) is 18.3 Å². The first-order valence-corrected chi connectivity index (χ1v) is 14.2. The summed E-state index contributed by atoms with van der Waals surface area (Å²) in [6.07, 6.45) is 1.22. The van der Waals surface area contributed by atoms with Gasteiger partial charge in [-0.1, -0.05) is 18.2 Å². The summed E-state index contributed by atoms with van der Waals surface area (Å²) >= 11 is 0. The van der Waals surface area contributed by atoms with E-state index in [4.69, 9.17) is 9.47 Å². The van der Waals surface area contributed by atoms with E-state index in [2.05, 4.69) is 43.6 Å². The number of benzene rings is 2. The number of hydrogen-bond donors (Lipinski definition) is 1. The van der Waals surface area contributed by atoms with Crippen molar-refractivity contribution in [1.82, 2.24) is 34.8 Å². The zero-order valence-electron chi connectivity index (χ0n) is 24.2. The summed E-state index contributed by atoms with van der Waals surface area (Å²) in [5, 5.41) is 10.7. The number of amides is 1. The summed E-state index contributed by atoms with van der Waals surface area (Å²) in [4.78, 5) is 19.2. The molecule has 0 saturated heterocycles. The zero-order chi connectivity index (χ0) is 31.0. The SMILES string of the molecule is COCc1nn(Cc2ccc3c(c2)CCN(C2CC2)C3)cc1C(=O)NCc1c(-n2cnc(C(F)(F)F)n2)ccc(OC)c1F. The van der Waals surface area contributed by atoms with E-state index in [1.807, 2.05) is 0 Å². The van der Waals surface area contributed by atoms with Gasteiger partial charge in [-0.15, -0.1) is 5.10 Å². The van der Waals surface area contributed by atoms with Crippen LogP contribution in [-0.2, 0) is 43.6 Å². The van der Waals surface area contributed by atoms with Crippen molar-refractivity contribution < 1.29 is 31.8 Å². The molecule has 1 aliphatic carbocycles. The maximum Gasteiger partial charge on any atom is 0.453 e. The number of nitrogens with zero attached hydrogens (tertiary/aromatic N) is 6. The molecule has 2 aromatic carbocycles. The Morgan fingerprint density at radius 2 is 1.93 bits per heavy atom. The van der Waals surface area contributed by atoms with Crippen LogP contribution in [0.4, 0.5) is 17.6 Å². The number of carbonyl (C=O) groups is 1. The Morgan fingerprint density at radius 3 is 2.64 bits per heavy atom. The first kappa shape index (κ1) is 29.8. The lowest BCUT2D eigenvalue weighted by molar-refractivity contribution is -0.144. The number of ether oxygens (including phenoxy) is 2. The molecule has 1 amide bonds. The van der Waals surface area contributed by atoms with Crippen LogP contribution in [-0.4, -0.2) is 62.2 Å². The van der Waals surface area contributed by atoms with Crippen LogP contribution >= 0.6 is 0 Å². The molecule has 3 heterocycles. The summed E-state index contributed by atoms with van der Waals surface area (Å²) in [7, 11) is 2.74. The quantitative estimate of drug-likeness (QED) is 0.267. The van der Waals surface area contributed by atoms with Crippen LogP contribution in [0.3, 0.4) is 0 Å².